The molecule has 1 fully saturated rings. The zero-order chi connectivity index (χ0) is 20.6. The summed E-state index contributed by atoms with van der Waals surface area (Å²) in [5.74, 6) is 3.11. The van der Waals surface area contributed by atoms with Gasteiger partial charge in [0.05, 0.1) is 19.9 Å². The summed E-state index contributed by atoms with van der Waals surface area (Å²) in [5.41, 5.74) is 2.57. The number of methoxy groups -OCH3 is 1. The van der Waals surface area contributed by atoms with Gasteiger partial charge in [0.15, 0.2) is 17.5 Å². The molecule has 0 aliphatic carbocycles. The van der Waals surface area contributed by atoms with Gasteiger partial charge in [-0.05, 0) is 49.4 Å². The molecule has 7 nitrogen and oxygen atoms in total. The molecule has 2 aromatic rings. The summed E-state index contributed by atoms with van der Waals surface area (Å²) in [6, 6.07) is 6.17. The number of aryl methyl sites for hydroxylation is 2. The summed E-state index contributed by atoms with van der Waals surface area (Å²) >= 11 is 0. The predicted octanol–water partition coefficient (Wildman–Crippen LogP) is 2.82. The van der Waals surface area contributed by atoms with Gasteiger partial charge in [-0.2, -0.15) is 5.10 Å². The van der Waals surface area contributed by atoms with E-state index in [2.05, 4.69) is 38.6 Å². The van der Waals surface area contributed by atoms with Crippen LogP contribution in [0, 0.1) is 0 Å². The highest BCUT2D eigenvalue weighted by Crippen LogP contribution is 2.29. The lowest BCUT2D eigenvalue weighted by Gasteiger charge is -2.21. The predicted molar refractivity (Wildman–Crippen MR) is 116 cm³/mol. The van der Waals surface area contributed by atoms with Crippen LogP contribution in [0.1, 0.15) is 36.8 Å². The summed E-state index contributed by atoms with van der Waals surface area (Å²) in [5, 5.41) is 7.83. The molecule has 7 heteroatoms. The topological polar surface area (TPSA) is 63.9 Å². The lowest BCUT2D eigenvalue weighted by atomic mass is 10.0. The molecule has 158 valence electrons. The first-order valence-electron chi connectivity index (χ1n) is 10.4. The Labute approximate surface area is 173 Å². The maximum absolute atomic E-state index is 5.67. The minimum absolute atomic E-state index is 0.526. The zero-order valence-corrected chi connectivity index (χ0v) is 18.0. The third-order valence-electron chi connectivity index (χ3n) is 5.35. The van der Waals surface area contributed by atoms with Crippen LogP contribution >= 0.6 is 0 Å². The molecule has 3 rings (SSSR count). The number of rotatable bonds is 8. The summed E-state index contributed by atoms with van der Waals surface area (Å²) in [6.45, 7) is 5.51. The Bertz CT molecular complexity index is 817. The second-order valence-corrected chi connectivity index (χ2v) is 7.37. The maximum atomic E-state index is 5.67. The summed E-state index contributed by atoms with van der Waals surface area (Å²) in [7, 11) is 5.50. The van der Waals surface area contributed by atoms with Crippen molar-refractivity contribution in [1.82, 2.24) is 20.0 Å². The van der Waals surface area contributed by atoms with E-state index in [9.17, 15) is 0 Å². The minimum Gasteiger partial charge on any atom is -0.493 e. The second-order valence-electron chi connectivity index (χ2n) is 7.37. The van der Waals surface area contributed by atoms with Crippen LogP contribution in [0.5, 0.6) is 11.5 Å². The van der Waals surface area contributed by atoms with Crippen LogP contribution in [0.3, 0.4) is 0 Å². The smallest absolute Gasteiger partial charge is 0.193 e. The number of aliphatic imine (C=N–C) groups is 1. The molecule has 1 atom stereocenters. The highest BCUT2D eigenvalue weighted by molar-refractivity contribution is 5.80. The quantitative estimate of drug-likeness (QED) is 0.420. The van der Waals surface area contributed by atoms with Crippen molar-refractivity contribution in [3.63, 3.8) is 0 Å². The minimum atomic E-state index is 0.526. The largest absolute Gasteiger partial charge is 0.493 e. The Balaban J connectivity index is 1.46. The van der Waals surface area contributed by atoms with Gasteiger partial charge in [0.1, 0.15) is 0 Å². The van der Waals surface area contributed by atoms with E-state index in [0.29, 0.717) is 12.5 Å². The normalized spacial score (nSPS) is 16.9. The van der Waals surface area contributed by atoms with Crippen molar-refractivity contribution >= 4 is 5.96 Å². The van der Waals surface area contributed by atoms with Gasteiger partial charge in [-0.1, -0.05) is 6.07 Å². The van der Waals surface area contributed by atoms with Crippen molar-refractivity contribution < 1.29 is 9.47 Å². The number of ether oxygens (including phenoxy) is 2. The maximum Gasteiger partial charge on any atom is 0.193 e. The average molecular weight is 400 g/mol. The third kappa shape index (κ3) is 5.43. The number of likely N-dealkylation sites (tertiary alicyclic amines) is 1. The van der Waals surface area contributed by atoms with Crippen LogP contribution in [0.25, 0.3) is 0 Å². The van der Waals surface area contributed by atoms with Gasteiger partial charge in [0.25, 0.3) is 0 Å². The van der Waals surface area contributed by atoms with Crippen LogP contribution in [-0.2, 0) is 13.5 Å². The number of nitrogens with one attached hydrogen (secondary N) is 1. The van der Waals surface area contributed by atoms with Gasteiger partial charge in [-0.15, -0.1) is 0 Å². The molecule has 0 radical (unpaired) electrons. The highest BCUT2D eigenvalue weighted by atomic mass is 16.5. The summed E-state index contributed by atoms with van der Waals surface area (Å²) in [4.78, 5) is 6.83. The molecule has 0 saturated carbocycles. The van der Waals surface area contributed by atoms with E-state index >= 15 is 0 Å². The van der Waals surface area contributed by atoms with Crippen LogP contribution in [0.15, 0.2) is 35.6 Å². The average Bonchev–Trinajstić information content (AvgIpc) is 3.38. The summed E-state index contributed by atoms with van der Waals surface area (Å²) in [6.07, 6.45) is 7.24. The number of hydrogen-bond acceptors (Lipinski definition) is 4. The van der Waals surface area contributed by atoms with Crippen LogP contribution in [0.2, 0.25) is 0 Å². The zero-order valence-electron chi connectivity index (χ0n) is 18.0. The van der Waals surface area contributed by atoms with E-state index in [1.165, 1.54) is 11.1 Å². The van der Waals surface area contributed by atoms with Crippen molar-refractivity contribution in [2.45, 2.75) is 32.1 Å². The lowest BCUT2D eigenvalue weighted by Crippen LogP contribution is -2.40. The van der Waals surface area contributed by atoms with Crippen molar-refractivity contribution in [1.29, 1.82) is 0 Å². The fraction of sp³-hybridized carbons (Fsp3) is 0.545. The molecule has 1 unspecified atom stereocenters. The molecule has 2 heterocycles. The van der Waals surface area contributed by atoms with Crippen molar-refractivity contribution in [2.24, 2.45) is 12.0 Å². The molecule has 1 aliphatic heterocycles. The SMILES string of the molecule is CCOc1cc(CCCNC(=NC)N2CCC(c3cnn(C)c3)C2)ccc1OC. The van der Waals surface area contributed by atoms with Crippen LogP contribution < -0.4 is 14.8 Å². The Morgan fingerprint density at radius 3 is 2.90 bits per heavy atom. The van der Waals surface area contributed by atoms with Crippen molar-refractivity contribution in [2.75, 3.05) is 40.4 Å². The van der Waals surface area contributed by atoms with E-state index < -0.39 is 0 Å². The third-order valence-corrected chi connectivity index (χ3v) is 5.35. The Kier molecular flexibility index (Phi) is 7.38. The molecule has 0 spiro atoms. The molecule has 1 aromatic heterocycles. The monoisotopic (exact) mass is 399 g/mol. The standard InChI is InChI=1S/C22H33N5O2/c1-5-29-21-13-17(8-9-20(21)28-4)7-6-11-24-22(23-2)27-12-10-18(16-27)19-14-25-26(3)15-19/h8-9,13-15,18H,5-7,10-12,16H2,1-4H3,(H,23,24). The van der Waals surface area contributed by atoms with Gasteiger partial charge in [-0.3, -0.25) is 9.67 Å². The van der Waals surface area contributed by atoms with Gasteiger partial charge in [0.2, 0.25) is 0 Å². The van der Waals surface area contributed by atoms with E-state index in [-0.39, 0.29) is 0 Å². The fourth-order valence-corrected chi connectivity index (χ4v) is 3.85. The highest BCUT2D eigenvalue weighted by Gasteiger charge is 2.26. The Hall–Kier alpha value is -2.70. The Morgan fingerprint density at radius 1 is 1.34 bits per heavy atom. The van der Waals surface area contributed by atoms with Crippen LogP contribution in [-0.4, -0.2) is 61.0 Å². The van der Waals surface area contributed by atoms with Gasteiger partial charge >= 0.3 is 0 Å². The first-order valence-corrected chi connectivity index (χ1v) is 10.4. The number of aromatic nitrogens is 2. The Morgan fingerprint density at radius 2 is 2.21 bits per heavy atom. The fourth-order valence-electron chi connectivity index (χ4n) is 3.85. The van der Waals surface area contributed by atoms with Gasteiger partial charge in [-0.25, -0.2) is 0 Å². The lowest BCUT2D eigenvalue weighted by molar-refractivity contribution is 0.310. The number of guanidine groups is 1. The van der Waals surface area contributed by atoms with E-state index in [4.69, 9.17) is 9.47 Å². The van der Waals surface area contributed by atoms with E-state index in [1.54, 1.807) is 7.11 Å². The van der Waals surface area contributed by atoms with E-state index in [1.807, 2.05) is 38.0 Å². The molecule has 0 amide bonds. The molecule has 29 heavy (non-hydrogen) atoms. The first kappa shape index (κ1) is 21.0. The first-order chi connectivity index (χ1) is 14.1. The molecule has 1 aliphatic rings. The summed E-state index contributed by atoms with van der Waals surface area (Å²) < 4.78 is 12.9. The van der Waals surface area contributed by atoms with Crippen molar-refractivity contribution in [3.8, 4) is 11.5 Å². The molecule has 1 N–H and O–H groups in total. The number of nitrogens with zero attached hydrogens (tertiary/aromatic N) is 4. The van der Waals surface area contributed by atoms with E-state index in [0.717, 1.165) is 56.4 Å². The number of benzene rings is 1. The molecular formula is C22H33N5O2. The van der Waals surface area contributed by atoms with Crippen molar-refractivity contribution in [3.05, 3.63) is 41.7 Å². The van der Waals surface area contributed by atoms with Crippen LogP contribution in [0.4, 0.5) is 0 Å². The number of hydrogen-bond donors (Lipinski definition) is 1. The molecular weight excluding hydrogens is 366 g/mol. The van der Waals surface area contributed by atoms with Gasteiger partial charge < -0.3 is 19.7 Å². The molecule has 1 aromatic carbocycles. The molecule has 0 bridgehead atoms. The molecule has 1 saturated heterocycles. The van der Waals surface area contributed by atoms with Gasteiger partial charge in [0, 0.05) is 45.8 Å². The second kappa shape index (κ2) is 10.2.